The summed E-state index contributed by atoms with van der Waals surface area (Å²) < 4.78 is 11.3. The van der Waals surface area contributed by atoms with Crippen molar-refractivity contribution in [3.05, 3.63) is 48.8 Å². The number of methoxy groups -OCH3 is 2. The van der Waals surface area contributed by atoms with Gasteiger partial charge in [-0.1, -0.05) is 43.2 Å². The third-order valence-corrected chi connectivity index (χ3v) is 5.32. The Morgan fingerprint density at radius 1 is 0.926 bits per heavy atom. The van der Waals surface area contributed by atoms with E-state index in [2.05, 4.69) is 0 Å². The van der Waals surface area contributed by atoms with Gasteiger partial charge in [0, 0.05) is 12.4 Å². The highest BCUT2D eigenvalue weighted by Crippen LogP contribution is 2.41. The summed E-state index contributed by atoms with van der Waals surface area (Å²) in [5, 5.41) is 0. The molecule has 1 aromatic carbocycles. The molecule has 3 rings (SSSR count). The van der Waals surface area contributed by atoms with Gasteiger partial charge in [-0.15, -0.1) is 0 Å². The van der Waals surface area contributed by atoms with Crippen molar-refractivity contribution in [1.82, 2.24) is 4.57 Å². The van der Waals surface area contributed by atoms with Gasteiger partial charge in [0.2, 0.25) is 5.92 Å². The molecule has 1 aliphatic rings. The van der Waals surface area contributed by atoms with Crippen molar-refractivity contribution in [2.24, 2.45) is 5.92 Å². The van der Waals surface area contributed by atoms with Crippen molar-refractivity contribution >= 4 is 17.7 Å². The second kappa shape index (κ2) is 7.78. The van der Waals surface area contributed by atoms with Crippen molar-refractivity contribution in [3.8, 4) is 11.1 Å². The first-order valence-corrected chi connectivity index (χ1v) is 8.97. The summed E-state index contributed by atoms with van der Waals surface area (Å²) in [5.41, 5.74) is 1.07. The Kier molecular flexibility index (Phi) is 5.44. The molecular weight excluding hydrogens is 346 g/mol. The molecule has 1 aromatic heterocycles. The van der Waals surface area contributed by atoms with Crippen molar-refractivity contribution < 1.29 is 23.9 Å². The summed E-state index contributed by atoms with van der Waals surface area (Å²) in [5.74, 6) is -3.79. The smallest absolute Gasteiger partial charge is 0.327 e. The number of nitrogens with zero attached hydrogens (tertiary/aromatic N) is 1. The first-order chi connectivity index (χ1) is 13.0. The molecule has 1 aliphatic carbocycles. The van der Waals surface area contributed by atoms with Crippen molar-refractivity contribution in [2.45, 2.75) is 31.2 Å². The van der Waals surface area contributed by atoms with Crippen LogP contribution < -0.4 is 0 Å². The molecule has 142 valence electrons. The molecule has 2 aromatic rings. The van der Waals surface area contributed by atoms with Crippen molar-refractivity contribution in [3.63, 3.8) is 0 Å². The molecule has 0 aliphatic heterocycles. The molecule has 1 heterocycles. The predicted molar refractivity (Wildman–Crippen MR) is 98.8 cm³/mol. The van der Waals surface area contributed by atoms with Crippen LogP contribution in [0.3, 0.4) is 0 Å². The molecule has 6 nitrogen and oxygen atoms in total. The Labute approximate surface area is 158 Å². The Morgan fingerprint density at radius 2 is 1.52 bits per heavy atom. The number of hydrogen-bond acceptors (Lipinski definition) is 5. The molecule has 0 spiro atoms. The molecule has 0 unspecified atom stereocenters. The third-order valence-electron chi connectivity index (χ3n) is 5.32. The topological polar surface area (TPSA) is 74.6 Å². The molecule has 1 fully saturated rings. The second-order valence-corrected chi connectivity index (χ2v) is 6.76. The van der Waals surface area contributed by atoms with Gasteiger partial charge in [0.05, 0.1) is 14.2 Å². The monoisotopic (exact) mass is 369 g/mol. The predicted octanol–water partition coefficient (Wildman–Crippen LogP) is 2.96. The number of rotatable bonds is 6. The number of ether oxygens (including phenoxy) is 2. The molecule has 0 radical (unpaired) electrons. The first-order valence-electron chi connectivity index (χ1n) is 8.97. The molecule has 0 N–H and O–H groups in total. The minimum Gasteiger partial charge on any atom is -0.468 e. The van der Waals surface area contributed by atoms with Crippen LogP contribution in [0, 0.1) is 5.92 Å². The summed E-state index contributed by atoms with van der Waals surface area (Å²) in [6.07, 6.45) is 6.58. The van der Waals surface area contributed by atoms with E-state index in [9.17, 15) is 14.4 Å². The number of carbonyl (C=O) groups excluding carboxylic acids is 3. The van der Waals surface area contributed by atoms with E-state index < -0.39 is 29.2 Å². The van der Waals surface area contributed by atoms with Crippen LogP contribution in [0.5, 0.6) is 0 Å². The molecule has 6 heteroatoms. The molecule has 0 amide bonds. The van der Waals surface area contributed by atoms with Crippen LogP contribution in [-0.2, 0) is 29.4 Å². The second-order valence-electron chi connectivity index (χ2n) is 6.76. The summed E-state index contributed by atoms with van der Waals surface area (Å²) >= 11 is 0. The number of aromatic nitrogens is 1. The van der Waals surface area contributed by atoms with Crippen molar-refractivity contribution in [2.75, 3.05) is 14.2 Å². The number of carbonyl (C=O) groups is 3. The maximum absolute atomic E-state index is 13.4. The molecule has 0 atom stereocenters. The third kappa shape index (κ3) is 3.39. The lowest BCUT2D eigenvalue weighted by Gasteiger charge is -2.31. The normalized spacial score (nSPS) is 15.5. The quantitative estimate of drug-likeness (QED) is 0.578. The van der Waals surface area contributed by atoms with Gasteiger partial charge in [-0.3, -0.25) is 14.4 Å². The van der Waals surface area contributed by atoms with Gasteiger partial charge in [-0.25, -0.2) is 0 Å². The molecule has 0 saturated heterocycles. The minimum absolute atomic E-state index is 0.464. The highest BCUT2D eigenvalue weighted by Gasteiger charge is 2.51. The van der Waals surface area contributed by atoms with Crippen LogP contribution in [0.25, 0.3) is 11.1 Å². The van der Waals surface area contributed by atoms with E-state index in [1.165, 1.54) is 0 Å². The summed E-state index contributed by atoms with van der Waals surface area (Å²) in [6.45, 7) is 0. The summed E-state index contributed by atoms with van der Waals surface area (Å²) in [4.78, 5) is 37.7. The van der Waals surface area contributed by atoms with E-state index >= 15 is 0 Å². The SMILES string of the molecule is COC(=O)C(C(=O)OC)C(=O)C1(n2ccc(-c3ccccc3)c2)CCCC1. The zero-order valence-corrected chi connectivity index (χ0v) is 15.5. The van der Waals surface area contributed by atoms with Crippen LogP contribution >= 0.6 is 0 Å². The fraction of sp³-hybridized carbons (Fsp3) is 0.381. The first kappa shape index (κ1) is 18.9. The van der Waals surface area contributed by atoms with Crippen LogP contribution in [0.1, 0.15) is 25.7 Å². The highest BCUT2D eigenvalue weighted by molar-refractivity contribution is 6.17. The molecule has 0 bridgehead atoms. The van der Waals surface area contributed by atoms with E-state index in [4.69, 9.17) is 9.47 Å². The minimum atomic E-state index is -1.57. The Hall–Kier alpha value is -2.89. The summed E-state index contributed by atoms with van der Waals surface area (Å²) in [6, 6.07) is 11.8. The number of esters is 2. The Bertz CT molecular complexity index is 817. The summed E-state index contributed by atoms with van der Waals surface area (Å²) in [7, 11) is 2.33. The van der Waals surface area contributed by atoms with Gasteiger partial charge in [0.15, 0.2) is 5.78 Å². The molecule has 1 saturated carbocycles. The standard InChI is InChI=1S/C21H23NO5/c1-26-19(24)17(20(25)27-2)18(23)21(11-6-7-12-21)22-13-10-16(14-22)15-8-4-3-5-9-15/h3-5,8-10,13-14,17H,6-7,11-12H2,1-2H3. The lowest BCUT2D eigenvalue weighted by Crippen LogP contribution is -2.48. The molecule has 27 heavy (non-hydrogen) atoms. The average Bonchev–Trinajstić information content (AvgIpc) is 3.38. The number of Topliss-reactive ketones (excluding diaryl/α,β-unsaturated/α-hetero) is 1. The highest BCUT2D eigenvalue weighted by atomic mass is 16.5. The zero-order valence-electron chi connectivity index (χ0n) is 15.5. The Balaban J connectivity index is 2.01. The van der Waals surface area contributed by atoms with E-state index in [1.54, 1.807) is 0 Å². The number of ketones is 1. The van der Waals surface area contributed by atoms with Gasteiger partial charge in [-0.2, -0.15) is 0 Å². The van der Waals surface area contributed by atoms with Crippen molar-refractivity contribution in [1.29, 1.82) is 0 Å². The fourth-order valence-corrected chi connectivity index (χ4v) is 3.87. The molecular formula is C21H23NO5. The van der Waals surface area contributed by atoms with E-state index in [1.807, 2.05) is 53.4 Å². The van der Waals surface area contributed by atoms with Crippen LogP contribution in [0.2, 0.25) is 0 Å². The lowest BCUT2D eigenvalue weighted by atomic mass is 9.83. The van der Waals surface area contributed by atoms with Gasteiger partial charge < -0.3 is 14.0 Å². The van der Waals surface area contributed by atoms with Gasteiger partial charge >= 0.3 is 11.9 Å². The van der Waals surface area contributed by atoms with Crippen LogP contribution in [-0.4, -0.2) is 36.5 Å². The zero-order chi connectivity index (χ0) is 19.4. The van der Waals surface area contributed by atoms with Gasteiger partial charge in [-0.05, 0) is 30.0 Å². The van der Waals surface area contributed by atoms with Gasteiger partial charge in [0.1, 0.15) is 5.54 Å². The lowest BCUT2D eigenvalue weighted by molar-refractivity contribution is -0.163. The van der Waals surface area contributed by atoms with E-state index in [0.717, 1.165) is 38.2 Å². The average molecular weight is 369 g/mol. The van der Waals surface area contributed by atoms with E-state index in [-0.39, 0.29) is 0 Å². The van der Waals surface area contributed by atoms with Gasteiger partial charge in [0.25, 0.3) is 0 Å². The number of hydrogen-bond donors (Lipinski definition) is 0. The Morgan fingerprint density at radius 3 is 2.07 bits per heavy atom. The fourth-order valence-electron chi connectivity index (χ4n) is 3.87. The van der Waals surface area contributed by atoms with E-state index in [0.29, 0.717) is 12.8 Å². The van der Waals surface area contributed by atoms with Crippen LogP contribution in [0.15, 0.2) is 48.8 Å². The maximum Gasteiger partial charge on any atom is 0.327 e. The number of benzene rings is 1. The van der Waals surface area contributed by atoms with Crippen LogP contribution in [0.4, 0.5) is 0 Å². The largest absolute Gasteiger partial charge is 0.468 e. The maximum atomic E-state index is 13.4.